The quantitative estimate of drug-likeness (QED) is 0.914. The third kappa shape index (κ3) is 3.13. The molecule has 0 aliphatic carbocycles. The van der Waals surface area contributed by atoms with Gasteiger partial charge in [-0.2, -0.15) is 0 Å². The molecule has 1 aromatic heterocycles. The van der Waals surface area contributed by atoms with E-state index in [1.807, 2.05) is 19.9 Å². The minimum atomic E-state index is -0.372. The lowest BCUT2D eigenvalue weighted by atomic mass is 10.0. The molecule has 3 nitrogen and oxygen atoms in total. The summed E-state index contributed by atoms with van der Waals surface area (Å²) in [6, 6.07) is 8.51. The molecule has 0 spiro atoms. The molecule has 2 aromatic rings. The highest BCUT2D eigenvalue weighted by molar-refractivity contribution is 5.39. The van der Waals surface area contributed by atoms with Crippen molar-refractivity contribution < 1.29 is 9.84 Å². The van der Waals surface area contributed by atoms with Crippen molar-refractivity contribution in [1.82, 2.24) is 4.57 Å². The molecule has 3 heteroatoms. The fraction of sp³-hybridized carbons (Fsp3) is 0.444. The van der Waals surface area contributed by atoms with Crippen molar-refractivity contribution in [2.24, 2.45) is 5.92 Å². The molecule has 1 atom stereocenters. The molecule has 1 aliphatic heterocycles. The third-order valence-electron chi connectivity index (χ3n) is 4.16. The highest BCUT2D eigenvalue weighted by Gasteiger charge is 2.14. The lowest BCUT2D eigenvalue weighted by molar-refractivity contribution is 0.127. The average Bonchev–Trinajstić information content (AvgIpc) is 3.12. The topological polar surface area (TPSA) is 34.4 Å². The molecule has 0 fully saturated rings. The van der Waals surface area contributed by atoms with Gasteiger partial charge in [0.1, 0.15) is 5.75 Å². The number of fused-ring (bicyclic) bond motifs is 1. The molecule has 0 saturated heterocycles. The van der Waals surface area contributed by atoms with Crippen LogP contribution in [0.15, 0.2) is 36.7 Å². The molecule has 3 rings (SSSR count). The molecule has 112 valence electrons. The number of hydrogen-bond donors (Lipinski definition) is 1. The van der Waals surface area contributed by atoms with Gasteiger partial charge in [-0.1, -0.05) is 26.0 Å². The van der Waals surface area contributed by atoms with Gasteiger partial charge in [0, 0.05) is 25.4 Å². The number of aliphatic hydroxyl groups excluding tert-OH is 1. The predicted octanol–water partition coefficient (Wildman–Crippen LogP) is 3.36. The van der Waals surface area contributed by atoms with E-state index in [0.717, 1.165) is 37.3 Å². The summed E-state index contributed by atoms with van der Waals surface area (Å²) in [6.07, 6.45) is 5.76. The van der Waals surface area contributed by atoms with Crippen LogP contribution >= 0.6 is 0 Å². The van der Waals surface area contributed by atoms with Crippen LogP contribution in [0.5, 0.6) is 5.75 Å². The second kappa shape index (κ2) is 5.94. The first-order chi connectivity index (χ1) is 10.1. The summed E-state index contributed by atoms with van der Waals surface area (Å²) in [5.74, 6) is 1.29. The molecule has 21 heavy (non-hydrogen) atoms. The van der Waals surface area contributed by atoms with Gasteiger partial charge in [-0.15, -0.1) is 0 Å². The number of hydrogen-bond acceptors (Lipinski definition) is 2. The molecule has 0 saturated carbocycles. The molecule has 0 radical (unpaired) electrons. The molecule has 0 amide bonds. The summed E-state index contributed by atoms with van der Waals surface area (Å²) in [5.41, 5.74) is 3.68. The van der Waals surface area contributed by atoms with Crippen molar-refractivity contribution in [2.75, 3.05) is 6.61 Å². The van der Waals surface area contributed by atoms with Crippen molar-refractivity contribution in [3.05, 3.63) is 53.3 Å². The number of aromatic nitrogens is 1. The van der Waals surface area contributed by atoms with Gasteiger partial charge in [0.15, 0.2) is 0 Å². The van der Waals surface area contributed by atoms with E-state index in [1.54, 1.807) is 0 Å². The first-order valence-corrected chi connectivity index (χ1v) is 7.72. The Labute approximate surface area is 126 Å². The first kappa shape index (κ1) is 14.2. The van der Waals surface area contributed by atoms with E-state index in [2.05, 4.69) is 35.2 Å². The van der Waals surface area contributed by atoms with Crippen LogP contribution in [0, 0.1) is 5.92 Å². The Balaban J connectivity index is 1.63. The smallest absolute Gasteiger partial charge is 0.122 e. The van der Waals surface area contributed by atoms with Crippen molar-refractivity contribution >= 4 is 0 Å². The number of nitrogens with zero attached hydrogens (tertiary/aromatic N) is 1. The van der Waals surface area contributed by atoms with Crippen LogP contribution < -0.4 is 4.74 Å². The minimum absolute atomic E-state index is 0.248. The Kier molecular flexibility index (Phi) is 4.02. The molecule has 1 N–H and O–H groups in total. The van der Waals surface area contributed by atoms with Crippen LogP contribution in [-0.2, 0) is 19.4 Å². The largest absolute Gasteiger partial charge is 0.493 e. The summed E-state index contributed by atoms with van der Waals surface area (Å²) >= 11 is 0. The van der Waals surface area contributed by atoms with Gasteiger partial charge in [0.2, 0.25) is 0 Å². The number of ether oxygens (including phenoxy) is 1. The minimum Gasteiger partial charge on any atom is -0.493 e. The predicted molar refractivity (Wildman–Crippen MR) is 83.6 cm³/mol. The lowest BCUT2D eigenvalue weighted by Crippen LogP contribution is -2.04. The van der Waals surface area contributed by atoms with Crippen molar-refractivity contribution in [1.29, 1.82) is 0 Å². The van der Waals surface area contributed by atoms with Gasteiger partial charge < -0.3 is 14.4 Å². The second-order valence-electron chi connectivity index (χ2n) is 6.16. The Morgan fingerprint density at radius 2 is 2.14 bits per heavy atom. The molecule has 2 heterocycles. The van der Waals surface area contributed by atoms with E-state index >= 15 is 0 Å². The molecular formula is C18H23NO2. The fourth-order valence-corrected chi connectivity index (χ4v) is 2.81. The monoisotopic (exact) mass is 285 g/mol. The van der Waals surface area contributed by atoms with Gasteiger partial charge in [0.25, 0.3) is 0 Å². The standard InChI is InChI=1S/C18H23NO2/c1-13(2)18(20)16-6-9-19(12-16)8-5-14-3-4-17-15(11-14)7-10-21-17/h3-4,6,9,11-13,18,20H,5,7-8,10H2,1-2H3. The summed E-state index contributed by atoms with van der Waals surface area (Å²) in [7, 11) is 0. The van der Waals surface area contributed by atoms with E-state index < -0.39 is 0 Å². The maximum absolute atomic E-state index is 10.1. The van der Waals surface area contributed by atoms with E-state index in [1.165, 1.54) is 11.1 Å². The van der Waals surface area contributed by atoms with Gasteiger partial charge >= 0.3 is 0 Å². The number of aryl methyl sites for hydroxylation is 2. The van der Waals surface area contributed by atoms with Gasteiger partial charge in [-0.25, -0.2) is 0 Å². The summed E-state index contributed by atoms with van der Waals surface area (Å²) in [5, 5.41) is 10.1. The zero-order valence-corrected chi connectivity index (χ0v) is 12.7. The molecule has 1 unspecified atom stereocenters. The Bertz CT molecular complexity index is 615. The summed E-state index contributed by atoms with van der Waals surface area (Å²) in [4.78, 5) is 0. The van der Waals surface area contributed by atoms with Crippen LogP contribution in [0.25, 0.3) is 0 Å². The van der Waals surface area contributed by atoms with Crippen molar-refractivity contribution in [3.63, 3.8) is 0 Å². The number of aliphatic hydroxyl groups is 1. The van der Waals surface area contributed by atoms with Gasteiger partial charge in [-0.05, 0) is 41.2 Å². The molecular weight excluding hydrogens is 262 g/mol. The maximum Gasteiger partial charge on any atom is 0.122 e. The molecule has 1 aromatic carbocycles. The molecule has 0 bridgehead atoms. The second-order valence-corrected chi connectivity index (χ2v) is 6.16. The van der Waals surface area contributed by atoms with Crippen LogP contribution in [0.1, 0.15) is 36.6 Å². The van der Waals surface area contributed by atoms with Crippen molar-refractivity contribution in [2.45, 2.75) is 39.3 Å². The van der Waals surface area contributed by atoms with Gasteiger partial charge in [-0.3, -0.25) is 0 Å². The zero-order valence-electron chi connectivity index (χ0n) is 12.7. The van der Waals surface area contributed by atoms with Crippen LogP contribution in [0.3, 0.4) is 0 Å². The van der Waals surface area contributed by atoms with Crippen molar-refractivity contribution in [3.8, 4) is 5.75 Å². The van der Waals surface area contributed by atoms with E-state index in [0.29, 0.717) is 0 Å². The van der Waals surface area contributed by atoms with E-state index in [9.17, 15) is 5.11 Å². The number of rotatable bonds is 5. The Morgan fingerprint density at radius 1 is 1.29 bits per heavy atom. The zero-order chi connectivity index (χ0) is 14.8. The fourth-order valence-electron chi connectivity index (χ4n) is 2.81. The average molecular weight is 285 g/mol. The van der Waals surface area contributed by atoms with Gasteiger partial charge in [0.05, 0.1) is 12.7 Å². The summed E-state index contributed by atoms with van der Waals surface area (Å²) in [6.45, 7) is 5.82. The highest BCUT2D eigenvalue weighted by atomic mass is 16.5. The number of benzene rings is 1. The van der Waals surface area contributed by atoms with Crippen LogP contribution in [0.4, 0.5) is 0 Å². The molecule has 1 aliphatic rings. The van der Waals surface area contributed by atoms with E-state index in [4.69, 9.17) is 4.74 Å². The van der Waals surface area contributed by atoms with E-state index in [-0.39, 0.29) is 12.0 Å². The Morgan fingerprint density at radius 3 is 2.95 bits per heavy atom. The normalized spacial score (nSPS) is 15.0. The Hall–Kier alpha value is -1.74. The SMILES string of the molecule is CC(C)C(O)c1ccn(CCc2ccc3c(c2)CCO3)c1. The first-order valence-electron chi connectivity index (χ1n) is 7.72. The summed E-state index contributed by atoms with van der Waals surface area (Å²) < 4.78 is 7.69. The lowest BCUT2D eigenvalue weighted by Gasteiger charge is -2.12. The van der Waals surface area contributed by atoms with Crippen LogP contribution in [-0.4, -0.2) is 16.3 Å². The third-order valence-corrected chi connectivity index (χ3v) is 4.16. The highest BCUT2D eigenvalue weighted by Crippen LogP contribution is 2.26. The maximum atomic E-state index is 10.1. The van der Waals surface area contributed by atoms with Crippen LogP contribution in [0.2, 0.25) is 0 Å².